The predicted molar refractivity (Wildman–Crippen MR) is 122 cm³/mol. The van der Waals surface area contributed by atoms with Gasteiger partial charge in [-0.1, -0.05) is 12.1 Å². The fourth-order valence-corrected chi connectivity index (χ4v) is 4.26. The Morgan fingerprint density at radius 1 is 0.943 bits per heavy atom. The van der Waals surface area contributed by atoms with Crippen molar-refractivity contribution in [2.24, 2.45) is 0 Å². The van der Waals surface area contributed by atoms with Crippen LogP contribution < -0.4 is 0 Å². The van der Waals surface area contributed by atoms with Gasteiger partial charge in [-0.05, 0) is 24.3 Å². The first-order valence-electron chi connectivity index (χ1n) is 11.6. The molecule has 2 heterocycles. The molecule has 0 saturated carbocycles. The van der Waals surface area contributed by atoms with Crippen molar-refractivity contribution in [2.45, 2.75) is 6.10 Å². The predicted octanol–water partition coefficient (Wildman–Crippen LogP) is 2.42. The lowest BCUT2D eigenvalue weighted by molar-refractivity contribution is -0.0348. The normalized spacial score (nSPS) is 18.9. The summed E-state index contributed by atoms with van der Waals surface area (Å²) in [5.41, 5.74) is -0.259. The van der Waals surface area contributed by atoms with Gasteiger partial charge in [0.25, 0.3) is 11.8 Å². The largest absolute Gasteiger partial charge is 0.379 e. The molecule has 2 aliphatic rings. The van der Waals surface area contributed by atoms with E-state index in [1.54, 1.807) is 6.07 Å². The second-order valence-corrected chi connectivity index (χ2v) is 8.55. The van der Waals surface area contributed by atoms with E-state index in [1.165, 1.54) is 28.0 Å². The maximum absolute atomic E-state index is 14.4. The van der Waals surface area contributed by atoms with Crippen LogP contribution in [0.5, 0.6) is 0 Å². The third kappa shape index (κ3) is 6.39. The summed E-state index contributed by atoms with van der Waals surface area (Å²) in [6.07, 6.45) is -0.545. The second kappa shape index (κ2) is 11.7. The third-order valence-corrected chi connectivity index (χ3v) is 6.19. The number of hydrogen-bond acceptors (Lipinski definition) is 5. The number of halogens is 3. The summed E-state index contributed by atoms with van der Waals surface area (Å²) in [6, 6.07) is 8.63. The standard InChI is InChI=1S/C25H28F3N3O4/c26-18-5-6-21(23(28)15-18)25(33)31-11-14-35-19(17-31)16-30(8-7-29-9-12-34-13-10-29)24(32)20-3-1-2-4-22(20)27/h1-6,15,19H,7-14,16-17H2/t19-/m1/s1. The minimum absolute atomic E-state index is 0.0356. The first-order chi connectivity index (χ1) is 16.9. The van der Waals surface area contributed by atoms with Gasteiger partial charge in [-0.15, -0.1) is 0 Å². The van der Waals surface area contributed by atoms with Crippen LogP contribution in [-0.2, 0) is 9.47 Å². The van der Waals surface area contributed by atoms with Crippen LogP contribution in [0.25, 0.3) is 0 Å². The van der Waals surface area contributed by atoms with E-state index in [9.17, 15) is 22.8 Å². The van der Waals surface area contributed by atoms with Crippen LogP contribution >= 0.6 is 0 Å². The molecule has 0 spiro atoms. The van der Waals surface area contributed by atoms with Gasteiger partial charge in [0, 0.05) is 51.9 Å². The number of rotatable bonds is 7. The third-order valence-electron chi connectivity index (χ3n) is 6.19. The molecule has 2 aromatic carbocycles. The second-order valence-electron chi connectivity index (χ2n) is 8.55. The molecular formula is C25H28F3N3O4. The van der Waals surface area contributed by atoms with Crippen molar-refractivity contribution in [2.75, 3.05) is 65.6 Å². The lowest BCUT2D eigenvalue weighted by Gasteiger charge is -2.37. The van der Waals surface area contributed by atoms with E-state index in [-0.39, 0.29) is 37.4 Å². The molecule has 0 bridgehead atoms. The van der Waals surface area contributed by atoms with E-state index in [2.05, 4.69) is 4.90 Å². The smallest absolute Gasteiger partial charge is 0.257 e. The summed E-state index contributed by atoms with van der Waals surface area (Å²) in [5, 5.41) is 0. The van der Waals surface area contributed by atoms with Crippen LogP contribution in [0, 0.1) is 17.5 Å². The topological polar surface area (TPSA) is 62.3 Å². The maximum Gasteiger partial charge on any atom is 0.257 e. The summed E-state index contributed by atoms with van der Waals surface area (Å²) < 4.78 is 53.0. The average molecular weight is 492 g/mol. The van der Waals surface area contributed by atoms with E-state index in [0.717, 1.165) is 25.2 Å². The van der Waals surface area contributed by atoms with Crippen molar-refractivity contribution in [3.63, 3.8) is 0 Å². The van der Waals surface area contributed by atoms with Crippen molar-refractivity contribution in [1.82, 2.24) is 14.7 Å². The Morgan fingerprint density at radius 3 is 2.46 bits per heavy atom. The van der Waals surface area contributed by atoms with Crippen molar-refractivity contribution < 1.29 is 32.2 Å². The summed E-state index contributed by atoms with van der Waals surface area (Å²) in [7, 11) is 0. The first kappa shape index (κ1) is 25.2. The Balaban J connectivity index is 1.46. The monoisotopic (exact) mass is 491 g/mol. The van der Waals surface area contributed by atoms with E-state index < -0.39 is 35.4 Å². The molecule has 188 valence electrons. The Labute approximate surface area is 202 Å². The van der Waals surface area contributed by atoms with Gasteiger partial charge >= 0.3 is 0 Å². The molecular weight excluding hydrogens is 463 g/mol. The molecule has 7 nitrogen and oxygen atoms in total. The quantitative estimate of drug-likeness (QED) is 0.596. The van der Waals surface area contributed by atoms with Crippen molar-refractivity contribution in [1.29, 1.82) is 0 Å². The molecule has 4 rings (SSSR count). The highest BCUT2D eigenvalue weighted by Crippen LogP contribution is 2.17. The Kier molecular flexibility index (Phi) is 8.37. The molecule has 0 radical (unpaired) electrons. The molecule has 0 aromatic heterocycles. The molecule has 2 saturated heterocycles. The van der Waals surface area contributed by atoms with Crippen LogP contribution in [0.3, 0.4) is 0 Å². The zero-order valence-corrected chi connectivity index (χ0v) is 19.3. The first-order valence-corrected chi connectivity index (χ1v) is 11.6. The number of carbonyl (C=O) groups excluding carboxylic acids is 2. The van der Waals surface area contributed by atoms with Gasteiger partial charge in [0.15, 0.2) is 0 Å². The zero-order valence-electron chi connectivity index (χ0n) is 19.3. The molecule has 2 fully saturated rings. The highest BCUT2D eigenvalue weighted by atomic mass is 19.1. The van der Waals surface area contributed by atoms with Crippen LogP contribution in [0.1, 0.15) is 20.7 Å². The lowest BCUT2D eigenvalue weighted by atomic mass is 10.1. The number of carbonyl (C=O) groups is 2. The highest BCUT2D eigenvalue weighted by molar-refractivity contribution is 5.95. The molecule has 2 amide bonds. The van der Waals surface area contributed by atoms with Gasteiger partial charge in [0.05, 0.1) is 37.1 Å². The van der Waals surface area contributed by atoms with E-state index in [4.69, 9.17) is 9.47 Å². The molecule has 0 unspecified atom stereocenters. The van der Waals surface area contributed by atoms with Gasteiger partial charge in [-0.3, -0.25) is 14.5 Å². The van der Waals surface area contributed by atoms with Gasteiger partial charge in [0.1, 0.15) is 17.5 Å². The lowest BCUT2D eigenvalue weighted by Crippen LogP contribution is -2.52. The number of ether oxygens (including phenoxy) is 2. The molecule has 0 aliphatic carbocycles. The number of hydrogen-bond donors (Lipinski definition) is 0. The summed E-state index contributed by atoms with van der Waals surface area (Å²) >= 11 is 0. The molecule has 1 atom stereocenters. The van der Waals surface area contributed by atoms with Crippen molar-refractivity contribution in [3.8, 4) is 0 Å². The van der Waals surface area contributed by atoms with Crippen molar-refractivity contribution >= 4 is 11.8 Å². The van der Waals surface area contributed by atoms with Crippen LogP contribution in [-0.4, -0.2) is 98.3 Å². The number of benzene rings is 2. The highest BCUT2D eigenvalue weighted by Gasteiger charge is 2.30. The van der Waals surface area contributed by atoms with Crippen LogP contribution in [0.4, 0.5) is 13.2 Å². The van der Waals surface area contributed by atoms with Crippen LogP contribution in [0.15, 0.2) is 42.5 Å². The SMILES string of the molecule is O=C(c1ccc(F)cc1F)N1CCO[C@H](CN(CCN2CCOCC2)C(=O)c2ccccc2F)C1. The van der Waals surface area contributed by atoms with E-state index in [1.807, 2.05) is 0 Å². The molecule has 2 aliphatic heterocycles. The molecule has 10 heteroatoms. The molecule has 2 aromatic rings. The summed E-state index contributed by atoms with van der Waals surface area (Å²) in [4.78, 5) is 31.2. The van der Waals surface area contributed by atoms with Crippen LogP contribution in [0.2, 0.25) is 0 Å². The Bertz CT molecular complexity index is 1050. The van der Waals surface area contributed by atoms with Gasteiger partial charge in [-0.2, -0.15) is 0 Å². The molecule has 35 heavy (non-hydrogen) atoms. The number of morpholine rings is 2. The minimum atomic E-state index is -0.931. The zero-order chi connectivity index (χ0) is 24.8. The van der Waals surface area contributed by atoms with Gasteiger partial charge in [0.2, 0.25) is 0 Å². The molecule has 0 N–H and O–H groups in total. The van der Waals surface area contributed by atoms with E-state index in [0.29, 0.717) is 32.4 Å². The van der Waals surface area contributed by atoms with Gasteiger partial charge in [-0.25, -0.2) is 13.2 Å². The van der Waals surface area contributed by atoms with E-state index >= 15 is 0 Å². The number of nitrogens with zero attached hydrogens (tertiary/aromatic N) is 3. The van der Waals surface area contributed by atoms with Crippen molar-refractivity contribution in [3.05, 3.63) is 71.0 Å². The maximum atomic E-state index is 14.4. The fourth-order valence-electron chi connectivity index (χ4n) is 4.26. The average Bonchev–Trinajstić information content (AvgIpc) is 2.87. The Morgan fingerprint density at radius 2 is 1.71 bits per heavy atom. The summed E-state index contributed by atoms with van der Waals surface area (Å²) in [6.45, 7) is 4.33. The number of amides is 2. The van der Waals surface area contributed by atoms with Gasteiger partial charge < -0.3 is 19.3 Å². The summed E-state index contributed by atoms with van der Waals surface area (Å²) in [5.74, 6) is -3.34. The fraction of sp³-hybridized carbons (Fsp3) is 0.440. The minimum Gasteiger partial charge on any atom is -0.379 e. The Hall–Kier alpha value is -2.95.